The number of hydrogen-bond donors (Lipinski definition) is 1. The molecular formula is C14H26N2O5. The molecule has 21 heavy (non-hydrogen) atoms. The molecule has 0 heterocycles. The van der Waals surface area contributed by atoms with Gasteiger partial charge in [0.25, 0.3) is 0 Å². The van der Waals surface area contributed by atoms with E-state index in [4.69, 9.17) is 4.74 Å². The Morgan fingerprint density at radius 3 is 2.10 bits per heavy atom. The molecule has 0 saturated carbocycles. The SMILES string of the molecule is COC(=O)C(CC(C)NC(=O)OC(C)(C)C)C(=O)N(C)C. The van der Waals surface area contributed by atoms with Crippen LogP contribution in [0.1, 0.15) is 34.1 Å². The lowest BCUT2D eigenvalue weighted by Gasteiger charge is -2.24. The number of carbonyl (C=O) groups is 3. The van der Waals surface area contributed by atoms with Crippen LogP contribution < -0.4 is 5.32 Å². The summed E-state index contributed by atoms with van der Waals surface area (Å²) >= 11 is 0. The van der Waals surface area contributed by atoms with Crippen LogP contribution in [0.25, 0.3) is 0 Å². The van der Waals surface area contributed by atoms with Crippen molar-refractivity contribution in [1.29, 1.82) is 0 Å². The van der Waals surface area contributed by atoms with Crippen LogP contribution in [0.5, 0.6) is 0 Å². The first-order chi connectivity index (χ1) is 9.47. The van der Waals surface area contributed by atoms with E-state index in [1.54, 1.807) is 41.8 Å². The largest absolute Gasteiger partial charge is 0.468 e. The molecule has 1 N–H and O–H groups in total. The van der Waals surface area contributed by atoms with Crippen LogP contribution in [0.3, 0.4) is 0 Å². The van der Waals surface area contributed by atoms with Gasteiger partial charge in [0.05, 0.1) is 7.11 Å². The number of rotatable bonds is 5. The van der Waals surface area contributed by atoms with Crippen LogP contribution in [0.15, 0.2) is 0 Å². The van der Waals surface area contributed by atoms with E-state index in [9.17, 15) is 14.4 Å². The van der Waals surface area contributed by atoms with E-state index < -0.39 is 29.6 Å². The van der Waals surface area contributed by atoms with Crippen LogP contribution >= 0.6 is 0 Å². The van der Waals surface area contributed by atoms with E-state index in [0.717, 1.165) is 0 Å². The summed E-state index contributed by atoms with van der Waals surface area (Å²) in [4.78, 5) is 36.6. The number of alkyl carbamates (subject to hydrolysis) is 1. The molecule has 7 heteroatoms. The highest BCUT2D eigenvalue weighted by Gasteiger charge is 2.31. The lowest BCUT2D eigenvalue weighted by atomic mass is 9.99. The average molecular weight is 302 g/mol. The van der Waals surface area contributed by atoms with Crippen molar-refractivity contribution in [3.63, 3.8) is 0 Å². The molecule has 0 rings (SSSR count). The summed E-state index contributed by atoms with van der Waals surface area (Å²) < 4.78 is 9.76. The highest BCUT2D eigenvalue weighted by atomic mass is 16.6. The molecule has 0 fully saturated rings. The van der Waals surface area contributed by atoms with Crippen LogP contribution in [-0.2, 0) is 19.1 Å². The van der Waals surface area contributed by atoms with Crippen LogP contribution in [-0.4, -0.2) is 55.7 Å². The first-order valence-corrected chi connectivity index (χ1v) is 6.76. The molecule has 2 atom stereocenters. The molecule has 0 aromatic carbocycles. The molecule has 2 unspecified atom stereocenters. The van der Waals surface area contributed by atoms with Crippen molar-refractivity contribution >= 4 is 18.0 Å². The monoisotopic (exact) mass is 302 g/mol. The van der Waals surface area contributed by atoms with Crippen molar-refractivity contribution < 1.29 is 23.9 Å². The van der Waals surface area contributed by atoms with Crippen molar-refractivity contribution in [1.82, 2.24) is 10.2 Å². The predicted molar refractivity (Wildman–Crippen MR) is 77.6 cm³/mol. The molecule has 0 aliphatic carbocycles. The number of amides is 2. The van der Waals surface area contributed by atoms with Gasteiger partial charge in [0.2, 0.25) is 5.91 Å². The molecule has 0 aliphatic heterocycles. The minimum atomic E-state index is -0.949. The fourth-order valence-electron chi connectivity index (χ4n) is 1.67. The van der Waals surface area contributed by atoms with Gasteiger partial charge in [-0.3, -0.25) is 9.59 Å². The number of esters is 1. The van der Waals surface area contributed by atoms with Gasteiger partial charge in [-0.05, 0) is 34.1 Å². The first-order valence-electron chi connectivity index (χ1n) is 6.76. The number of nitrogens with one attached hydrogen (secondary N) is 1. The third-order valence-corrected chi connectivity index (χ3v) is 2.58. The van der Waals surface area contributed by atoms with Crippen LogP contribution in [0.4, 0.5) is 4.79 Å². The number of ether oxygens (including phenoxy) is 2. The number of nitrogens with zero attached hydrogens (tertiary/aromatic N) is 1. The zero-order valence-electron chi connectivity index (χ0n) is 13.9. The van der Waals surface area contributed by atoms with Crippen molar-refractivity contribution in [3.05, 3.63) is 0 Å². The van der Waals surface area contributed by atoms with E-state index in [1.807, 2.05) is 0 Å². The predicted octanol–water partition coefficient (Wildman–Crippen LogP) is 1.17. The number of hydrogen-bond acceptors (Lipinski definition) is 5. The molecule has 0 bridgehead atoms. The number of carbonyl (C=O) groups excluding carboxylic acids is 3. The Hall–Kier alpha value is -1.79. The Balaban J connectivity index is 4.68. The maximum Gasteiger partial charge on any atom is 0.407 e. The molecule has 7 nitrogen and oxygen atoms in total. The quantitative estimate of drug-likeness (QED) is 0.608. The van der Waals surface area contributed by atoms with Gasteiger partial charge in [-0.25, -0.2) is 4.79 Å². The lowest BCUT2D eigenvalue weighted by Crippen LogP contribution is -2.42. The molecule has 0 aromatic heterocycles. The fourth-order valence-corrected chi connectivity index (χ4v) is 1.67. The highest BCUT2D eigenvalue weighted by Crippen LogP contribution is 2.13. The van der Waals surface area contributed by atoms with Gasteiger partial charge < -0.3 is 19.7 Å². The van der Waals surface area contributed by atoms with E-state index in [-0.39, 0.29) is 12.3 Å². The molecule has 0 radical (unpaired) electrons. The van der Waals surface area contributed by atoms with Gasteiger partial charge in [0.1, 0.15) is 11.5 Å². The Bertz CT molecular complexity index is 387. The summed E-state index contributed by atoms with van der Waals surface area (Å²) in [6.45, 7) is 6.96. The van der Waals surface area contributed by atoms with Crippen molar-refractivity contribution in [2.24, 2.45) is 5.92 Å². The minimum Gasteiger partial charge on any atom is -0.468 e. The summed E-state index contributed by atoms with van der Waals surface area (Å²) in [5.74, 6) is -1.93. The van der Waals surface area contributed by atoms with Gasteiger partial charge in [-0.1, -0.05) is 0 Å². The standard InChI is InChI=1S/C14H26N2O5/c1-9(15-13(19)21-14(2,3)4)8-10(12(18)20-7)11(17)16(5)6/h9-10H,8H2,1-7H3,(H,15,19). The molecule has 0 saturated heterocycles. The third kappa shape index (κ3) is 7.53. The normalized spacial score (nSPS) is 13.9. The molecule has 122 valence electrons. The molecule has 0 aliphatic rings. The zero-order chi connectivity index (χ0) is 16.8. The Morgan fingerprint density at radius 1 is 1.19 bits per heavy atom. The van der Waals surface area contributed by atoms with E-state index in [0.29, 0.717) is 0 Å². The third-order valence-electron chi connectivity index (χ3n) is 2.58. The number of methoxy groups -OCH3 is 1. The second-order valence-corrected chi connectivity index (χ2v) is 6.09. The smallest absolute Gasteiger partial charge is 0.407 e. The molecular weight excluding hydrogens is 276 g/mol. The van der Waals surface area contributed by atoms with Crippen LogP contribution in [0.2, 0.25) is 0 Å². The summed E-state index contributed by atoms with van der Waals surface area (Å²) in [6.07, 6.45) is -0.445. The summed E-state index contributed by atoms with van der Waals surface area (Å²) in [6, 6.07) is -0.409. The second kappa shape index (κ2) is 7.85. The van der Waals surface area contributed by atoms with Gasteiger partial charge >= 0.3 is 12.1 Å². The van der Waals surface area contributed by atoms with E-state index >= 15 is 0 Å². The van der Waals surface area contributed by atoms with Gasteiger partial charge in [-0.15, -0.1) is 0 Å². The molecule has 2 amide bonds. The molecule has 0 aromatic rings. The van der Waals surface area contributed by atoms with Gasteiger partial charge in [0, 0.05) is 20.1 Å². The van der Waals surface area contributed by atoms with Crippen LogP contribution in [0, 0.1) is 5.92 Å². The maximum absolute atomic E-state index is 12.0. The highest BCUT2D eigenvalue weighted by molar-refractivity contribution is 5.97. The van der Waals surface area contributed by atoms with Crippen molar-refractivity contribution in [2.75, 3.05) is 21.2 Å². The first kappa shape index (κ1) is 19.2. The van der Waals surface area contributed by atoms with E-state index in [1.165, 1.54) is 12.0 Å². The zero-order valence-corrected chi connectivity index (χ0v) is 13.9. The average Bonchev–Trinajstić information content (AvgIpc) is 2.31. The van der Waals surface area contributed by atoms with E-state index in [2.05, 4.69) is 10.1 Å². The summed E-state index contributed by atoms with van der Waals surface area (Å²) in [5.41, 5.74) is -0.606. The summed E-state index contributed by atoms with van der Waals surface area (Å²) in [5, 5.41) is 2.60. The topological polar surface area (TPSA) is 84.9 Å². The minimum absolute atomic E-state index is 0.142. The Labute approximate surface area is 126 Å². The van der Waals surface area contributed by atoms with Gasteiger partial charge in [-0.2, -0.15) is 0 Å². The van der Waals surface area contributed by atoms with Crippen molar-refractivity contribution in [3.8, 4) is 0 Å². The fraction of sp³-hybridized carbons (Fsp3) is 0.786. The maximum atomic E-state index is 12.0. The Morgan fingerprint density at radius 2 is 1.71 bits per heavy atom. The summed E-state index contributed by atoms with van der Waals surface area (Å²) in [7, 11) is 4.35. The Kier molecular flexibility index (Phi) is 7.18. The van der Waals surface area contributed by atoms with Gasteiger partial charge in [0.15, 0.2) is 0 Å². The molecule has 0 spiro atoms. The van der Waals surface area contributed by atoms with Crippen molar-refractivity contribution in [2.45, 2.75) is 45.8 Å². The second-order valence-electron chi connectivity index (χ2n) is 6.09. The lowest BCUT2D eigenvalue weighted by molar-refractivity contribution is -0.153.